The molecule has 0 fully saturated rings. The number of hydrogen-bond acceptors (Lipinski definition) is 7. The number of likely N-dealkylation sites (N-methyl/N-ethyl adjacent to an activating group) is 1. The maximum Gasteiger partial charge on any atom is 0.282 e. The summed E-state index contributed by atoms with van der Waals surface area (Å²) in [5.74, 6) is 0.0361. The molecule has 10 heteroatoms. The molecule has 30 heavy (non-hydrogen) atoms. The van der Waals surface area contributed by atoms with E-state index < -0.39 is 0 Å². The number of nitrogens with one attached hydrogen (secondary N) is 2. The number of halogens is 1. The third kappa shape index (κ3) is 6.68. The van der Waals surface area contributed by atoms with Gasteiger partial charge in [-0.15, -0.1) is 10.2 Å². The van der Waals surface area contributed by atoms with Crippen LogP contribution >= 0.6 is 27.3 Å². The largest absolute Gasteiger partial charge is 0.346 e. The minimum Gasteiger partial charge on any atom is -0.346 e. The van der Waals surface area contributed by atoms with Gasteiger partial charge in [-0.25, -0.2) is 4.98 Å². The number of pyridine rings is 1. The molecule has 2 heterocycles. The Bertz CT molecular complexity index is 1010. The van der Waals surface area contributed by atoms with E-state index in [1.165, 1.54) is 16.9 Å². The summed E-state index contributed by atoms with van der Waals surface area (Å²) in [4.78, 5) is 30.4. The molecule has 0 aliphatic rings. The first-order valence-electron chi connectivity index (χ1n) is 9.15. The monoisotopic (exact) mass is 488 g/mol. The van der Waals surface area contributed by atoms with Crippen molar-refractivity contribution in [3.63, 3.8) is 0 Å². The van der Waals surface area contributed by atoms with Crippen LogP contribution in [0.5, 0.6) is 0 Å². The van der Waals surface area contributed by atoms with Gasteiger partial charge in [0.1, 0.15) is 10.8 Å². The number of anilines is 1. The second-order valence-electron chi connectivity index (χ2n) is 6.75. The highest BCUT2D eigenvalue weighted by Gasteiger charge is 2.15. The lowest BCUT2D eigenvalue weighted by Crippen LogP contribution is -2.30. The molecule has 0 spiro atoms. The van der Waals surface area contributed by atoms with Crippen molar-refractivity contribution in [1.29, 1.82) is 0 Å². The highest BCUT2D eigenvalue weighted by Crippen LogP contribution is 2.13. The molecule has 0 radical (unpaired) electrons. The summed E-state index contributed by atoms with van der Waals surface area (Å²) in [6.45, 7) is 3.01. The van der Waals surface area contributed by atoms with Crippen LogP contribution in [0.25, 0.3) is 0 Å². The quantitative estimate of drug-likeness (QED) is 0.505. The molecule has 2 amide bonds. The number of hydrogen-bond donors (Lipinski definition) is 2. The summed E-state index contributed by atoms with van der Waals surface area (Å²) in [5, 5.41) is 14.6. The summed E-state index contributed by atoms with van der Waals surface area (Å²) >= 11 is 4.52. The van der Waals surface area contributed by atoms with Gasteiger partial charge in [0.15, 0.2) is 0 Å². The third-order valence-electron chi connectivity index (χ3n) is 4.05. The van der Waals surface area contributed by atoms with Gasteiger partial charge in [-0.3, -0.25) is 14.5 Å². The summed E-state index contributed by atoms with van der Waals surface area (Å²) in [5.41, 5.74) is 2.19. The molecule has 0 aliphatic carbocycles. The van der Waals surface area contributed by atoms with Crippen molar-refractivity contribution >= 4 is 44.9 Å². The number of benzene rings is 1. The van der Waals surface area contributed by atoms with Crippen LogP contribution in [-0.2, 0) is 17.9 Å². The molecular formula is C20H21BrN6O2S. The van der Waals surface area contributed by atoms with Crippen molar-refractivity contribution in [3.8, 4) is 0 Å². The summed E-state index contributed by atoms with van der Waals surface area (Å²) < 4.78 is 0.840. The van der Waals surface area contributed by atoms with Gasteiger partial charge in [0.05, 0.1) is 13.1 Å². The number of rotatable bonds is 8. The van der Waals surface area contributed by atoms with Gasteiger partial charge in [-0.05, 0) is 47.6 Å². The number of aromatic nitrogens is 3. The van der Waals surface area contributed by atoms with E-state index in [-0.39, 0.29) is 18.4 Å². The van der Waals surface area contributed by atoms with Crippen molar-refractivity contribution in [3.05, 3.63) is 68.2 Å². The summed E-state index contributed by atoms with van der Waals surface area (Å²) in [7, 11) is 1.80. The van der Waals surface area contributed by atoms with Crippen LogP contribution in [0.3, 0.4) is 0 Å². The maximum atomic E-state index is 12.3. The minimum atomic E-state index is -0.263. The van der Waals surface area contributed by atoms with E-state index in [0.717, 1.165) is 10.0 Å². The fourth-order valence-electron chi connectivity index (χ4n) is 2.54. The average Bonchev–Trinajstić information content (AvgIpc) is 3.17. The van der Waals surface area contributed by atoms with E-state index in [0.29, 0.717) is 28.9 Å². The fourth-order valence-corrected chi connectivity index (χ4v) is 3.61. The Balaban J connectivity index is 1.46. The Morgan fingerprint density at radius 2 is 1.90 bits per heavy atom. The van der Waals surface area contributed by atoms with Crippen molar-refractivity contribution < 1.29 is 9.59 Å². The minimum absolute atomic E-state index is 0.159. The molecule has 0 saturated heterocycles. The molecule has 0 saturated carbocycles. The van der Waals surface area contributed by atoms with Crippen LogP contribution in [0.2, 0.25) is 0 Å². The van der Waals surface area contributed by atoms with Gasteiger partial charge in [0.25, 0.3) is 5.91 Å². The predicted molar refractivity (Wildman–Crippen MR) is 119 cm³/mol. The molecule has 0 bridgehead atoms. The van der Waals surface area contributed by atoms with Crippen molar-refractivity contribution in [2.75, 3.05) is 18.9 Å². The lowest BCUT2D eigenvalue weighted by atomic mass is 10.1. The van der Waals surface area contributed by atoms with E-state index in [1.807, 2.05) is 31.2 Å². The van der Waals surface area contributed by atoms with Gasteiger partial charge >= 0.3 is 0 Å². The molecule has 3 aromatic rings. The highest BCUT2D eigenvalue weighted by atomic mass is 79.9. The predicted octanol–water partition coefficient (Wildman–Crippen LogP) is 3.00. The van der Waals surface area contributed by atoms with Gasteiger partial charge < -0.3 is 10.6 Å². The van der Waals surface area contributed by atoms with E-state index in [9.17, 15) is 9.59 Å². The zero-order valence-corrected chi connectivity index (χ0v) is 19.0. The lowest BCUT2D eigenvalue weighted by molar-refractivity contribution is -0.117. The highest BCUT2D eigenvalue weighted by molar-refractivity contribution is 9.10. The second-order valence-corrected chi connectivity index (χ2v) is 8.73. The Hall–Kier alpha value is -2.69. The molecule has 0 atom stereocenters. The number of aryl methyl sites for hydroxylation is 1. The third-order valence-corrected chi connectivity index (χ3v) is 5.42. The smallest absolute Gasteiger partial charge is 0.282 e. The fraction of sp³-hybridized carbons (Fsp3) is 0.250. The molecule has 8 nitrogen and oxygen atoms in total. The van der Waals surface area contributed by atoms with Crippen LogP contribution in [0.15, 0.2) is 47.1 Å². The van der Waals surface area contributed by atoms with E-state index >= 15 is 0 Å². The Labute approximate surface area is 186 Å². The maximum absolute atomic E-state index is 12.3. The van der Waals surface area contributed by atoms with Crippen LogP contribution in [0, 0.1) is 6.92 Å². The molecular weight excluding hydrogens is 468 g/mol. The number of amides is 2. The van der Waals surface area contributed by atoms with Crippen LogP contribution in [-0.4, -0.2) is 45.5 Å². The van der Waals surface area contributed by atoms with Gasteiger partial charge in [0.2, 0.25) is 10.9 Å². The van der Waals surface area contributed by atoms with Crippen LogP contribution < -0.4 is 10.6 Å². The summed E-state index contributed by atoms with van der Waals surface area (Å²) in [6.07, 6.45) is 1.62. The molecule has 0 unspecified atom stereocenters. The van der Waals surface area contributed by atoms with E-state index in [1.54, 1.807) is 30.3 Å². The molecule has 156 valence electrons. The normalized spacial score (nSPS) is 10.8. The standard InChI is InChI=1S/C20H21BrN6O2S/c1-13-3-5-14(6-4-13)9-23-19(29)20-26-25-18(30-20)12-27(2)11-17(28)24-16-8-7-15(21)10-22-16/h3-8,10H,9,11-12H2,1-2H3,(H,23,29)(H,22,24,28). The molecule has 1 aromatic carbocycles. The van der Waals surface area contributed by atoms with Crippen LogP contribution in [0.1, 0.15) is 25.9 Å². The molecule has 0 aliphatic heterocycles. The first-order chi connectivity index (χ1) is 14.4. The SMILES string of the molecule is Cc1ccc(CNC(=O)c2nnc(CN(C)CC(=O)Nc3ccc(Br)cn3)s2)cc1. The van der Waals surface area contributed by atoms with E-state index in [2.05, 4.69) is 41.7 Å². The number of nitrogens with zero attached hydrogens (tertiary/aromatic N) is 4. The Morgan fingerprint density at radius 3 is 2.60 bits per heavy atom. The first-order valence-corrected chi connectivity index (χ1v) is 10.8. The zero-order valence-electron chi connectivity index (χ0n) is 16.6. The Morgan fingerprint density at radius 1 is 1.13 bits per heavy atom. The molecule has 2 N–H and O–H groups in total. The van der Waals surface area contributed by atoms with Crippen LogP contribution in [0.4, 0.5) is 5.82 Å². The summed E-state index contributed by atoms with van der Waals surface area (Å²) in [6, 6.07) is 11.5. The van der Waals surface area contributed by atoms with Crippen molar-refractivity contribution in [2.24, 2.45) is 0 Å². The van der Waals surface area contributed by atoms with Gasteiger partial charge in [0, 0.05) is 17.2 Å². The average molecular weight is 489 g/mol. The zero-order chi connectivity index (χ0) is 21.5. The topological polar surface area (TPSA) is 100 Å². The number of carbonyl (C=O) groups excluding carboxylic acids is 2. The Kier molecular flexibility index (Phi) is 7.61. The molecule has 2 aromatic heterocycles. The van der Waals surface area contributed by atoms with Crippen molar-refractivity contribution in [1.82, 2.24) is 25.4 Å². The lowest BCUT2D eigenvalue weighted by Gasteiger charge is -2.14. The van der Waals surface area contributed by atoms with E-state index in [4.69, 9.17) is 0 Å². The van der Waals surface area contributed by atoms with Gasteiger partial charge in [-0.1, -0.05) is 41.2 Å². The second kappa shape index (κ2) is 10.4. The van der Waals surface area contributed by atoms with Crippen molar-refractivity contribution in [2.45, 2.75) is 20.0 Å². The first kappa shape index (κ1) is 22.0. The molecule has 3 rings (SSSR count). The number of carbonyl (C=O) groups is 2. The van der Waals surface area contributed by atoms with Gasteiger partial charge in [-0.2, -0.15) is 0 Å².